The van der Waals surface area contributed by atoms with Crippen LogP contribution in [0, 0.1) is 11.8 Å². The third-order valence-corrected chi connectivity index (χ3v) is 13.7. The molecule has 0 rings (SSSR count). The zero-order valence-corrected chi connectivity index (χ0v) is 43.7. The fourth-order valence-corrected chi connectivity index (χ4v) is 9.38. The number of hydrazine groups is 1. The predicted octanol–water partition coefficient (Wildman–Crippen LogP) is 20.2. The van der Waals surface area contributed by atoms with Crippen LogP contribution in [0.25, 0.3) is 0 Å². The lowest BCUT2D eigenvalue weighted by Gasteiger charge is -2.35. The number of allylic oxidation sites excluding steroid dienone is 2. The predicted molar refractivity (Wildman–Crippen MR) is 279 cm³/mol. The molecule has 0 heterocycles. The first-order valence-corrected chi connectivity index (χ1v) is 28.1. The Labute approximate surface area is 387 Å². The molecule has 0 radical (unpaired) electrons. The van der Waals surface area contributed by atoms with Gasteiger partial charge in [0.2, 0.25) is 0 Å². The summed E-state index contributed by atoms with van der Waals surface area (Å²) < 4.78 is 0. The Morgan fingerprint density at radius 1 is 0.393 bits per heavy atom. The van der Waals surface area contributed by atoms with Gasteiger partial charge in [0.05, 0.1) is 0 Å². The highest BCUT2D eigenvalue weighted by Gasteiger charge is 2.19. The lowest BCUT2D eigenvalue weighted by atomic mass is 9.86. The highest BCUT2D eigenvalue weighted by atomic mass is 16.1. The molecule has 0 saturated heterocycles. The van der Waals surface area contributed by atoms with Crippen molar-refractivity contribution in [3.63, 3.8) is 0 Å². The van der Waals surface area contributed by atoms with E-state index in [4.69, 9.17) is 0 Å². The Balaban J connectivity index is 0. The molecule has 0 fully saturated rings. The molecule has 3 heteroatoms. The molecule has 0 amide bonds. The van der Waals surface area contributed by atoms with Gasteiger partial charge in [-0.15, -0.1) is 0 Å². The smallest absolute Gasteiger partial charge is 0.132 e. The van der Waals surface area contributed by atoms with Gasteiger partial charge in [-0.05, 0) is 77.0 Å². The molecule has 0 aliphatic carbocycles. The average Bonchev–Trinajstić information content (AvgIpc) is 3.25. The maximum absolute atomic E-state index is 11.3. The fraction of sp³-hybridized carbons (Fsp3) is 0.914. The minimum atomic E-state index is 0.354. The second-order valence-corrected chi connectivity index (χ2v) is 19.6. The zero-order chi connectivity index (χ0) is 45.4. The minimum Gasteiger partial charge on any atom is -0.310 e. The monoisotopic (exact) mass is 857 g/mol. The van der Waals surface area contributed by atoms with Crippen molar-refractivity contribution in [3.05, 3.63) is 24.4 Å². The quantitative estimate of drug-likeness (QED) is 0.0376. The fourth-order valence-electron chi connectivity index (χ4n) is 9.38. The topological polar surface area (TPSA) is 32.3 Å². The van der Waals surface area contributed by atoms with Crippen LogP contribution in [0.5, 0.6) is 0 Å². The Bertz CT molecular complexity index is 912. The van der Waals surface area contributed by atoms with Gasteiger partial charge in [0, 0.05) is 24.7 Å². The summed E-state index contributed by atoms with van der Waals surface area (Å²) in [6.45, 7) is 24.6. The molecule has 61 heavy (non-hydrogen) atoms. The van der Waals surface area contributed by atoms with Crippen LogP contribution >= 0.6 is 0 Å². The van der Waals surface area contributed by atoms with Crippen LogP contribution in [-0.4, -0.2) is 23.9 Å². The number of nitrogens with one attached hydrogen (secondary N) is 1. The Morgan fingerprint density at radius 3 is 1.08 bits per heavy atom. The first-order valence-electron chi connectivity index (χ1n) is 28.1. The Kier molecular flexibility index (Phi) is 50.7. The molecule has 0 spiro atoms. The molecular weight excluding hydrogens is 741 g/mol. The summed E-state index contributed by atoms with van der Waals surface area (Å²) >= 11 is 0. The molecule has 0 aliphatic rings. The molecule has 0 saturated carbocycles. The van der Waals surface area contributed by atoms with Gasteiger partial charge in [-0.25, -0.2) is 5.43 Å². The third kappa shape index (κ3) is 41.4. The molecule has 364 valence electrons. The highest BCUT2D eigenvalue weighted by molar-refractivity contribution is 5.78. The van der Waals surface area contributed by atoms with Gasteiger partial charge in [0.15, 0.2) is 0 Å². The van der Waals surface area contributed by atoms with Crippen LogP contribution in [0.3, 0.4) is 0 Å². The molecule has 0 bridgehead atoms. The van der Waals surface area contributed by atoms with E-state index >= 15 is 0 Å². The van der Waals surface area contributed by atoms with Gasteiger partial charge in [0.25, 0.3) is 0 Å². The summed E-state index contributed by atoms with van der Waals surface area (Å²) in [7, 11) is 2.13. The Hall–Kier alpha value is -1.09. The van der Waals surface area contributed by atoms with E-state index in [1.807, 2.05) is 0 Å². The molecule has 0 aromatic carbocycles. The molecule has 3 atom stereocenters. The van der Waals surface area contributed by atoms with Crippen molar-refractivity contribution in [1.29, 1.82) is 0 Å². The van der Waals surface area contributed by atoms with Gasteiger partial charge in [-0.1, -0.05) is 266 Å². The molecule has 0 aromatic rings. The minimum absolute atomic E-state index is 0.354. The van der Waals surface area contributed by atoms with Crippen molar-refractivity contribution in [2.75, 3.05) is 7.05 Å². The standard InChI is InChI=1S/C45H90N2.C13H26O/c1-8-12-16-19-21-25-29-34-40-45(47(46-7)43(6)37-32-28-20-17-13-9-2)41-35-30-26-23-22-24-27-31-36-42(5)44(38-15-11-4)39-33-18-14-10-3;1-4-6-8-9-11-13(12(3)14)10-7-5-2/h44-46H,5-6,8-41H2,1-4,7H3;13H,4-11H2,1-3H3. The van der Waals surface area contributed by atoms with Crippen LogP contribution in [0.1, 0.15) is 318 Å². The van der Waals surface area contributed by atoms with E-state index < -0.39 is 0 Å². The SMILES string of the molecule is C=C(CCCCCCCCCCC(CCCCCCCCCC)N(NC)C(=C)CCCCCCCC)C(CCCC)CCCCCC.CCCCCCC(CCCC)C(C)=O. The van der Waals surface area contributed by atoms with Gasteiger partial charge < -0.3 is 5.01 Å². The van der Waals surface area contributed by atoms with E-state index in [1.54, 1.807) is 12.5 Å². The number of rotatable bonds is 48. The number of unbranched alkanes of at least 4 members (excludes halogenated alkanes) is 27. The van der Waals surface area contributed by atoms with Gasteiger partial charge in [-0.3, -0.25) is 4.79 Å². The van der Waals surface area contributed by atoms with Crippen molar-refractivity contribution in [2.45, 2.75) is 324 Å². The average molecular weight is 858 g/mol. The summed E-state index contributed by atoms with van der Waals surface area (Å²) in [6, 6.07) is 0.605. The summed E-state index contributed by atoms with van der Waals surface area (Å²) in [5, 5.41) is 2.49. The molecule has 3 nitrogen and oxygen atoms in total. The molecule has 1 N–H and O–H groups in total. The van der Waals surface area contributed by atoms with E-state index in [0.29, 0.717) is 17.7 Å². The summed E-state index contributed by atoms with van der Waals surface area (Å²) in [5.41, 5.74) is 6.48. The third-order valence-electron chi connectivity index (χ3n) is 13.7. The molecule has 0 aromatic heterocycles. The highest BCUT2D eigenvalue weighted by Crippen LogP contribution is 2.28. The molecule has 0 aliphatic heterocycles. The van der Waals surface area contributed by atoms with Crippen molar-refractivity contribution in [3.8, 4) is 0 Å². The van der Waals surface area contributed by atoms with E-state index in [0.717, 1.165) is 25.2 Å². The molecular formula is C58H116N2O. The van der Waals surface area contributed by atoms with E-state index in [9.17, 15) is 4.79 Å². The van der Waals surface area contributed by atoms with Crippen LogP contribution in [-0.2, 0) is 4.79 Å². The number of carbonyl (C=O) groups is 1. The van der Waals surface area contributed by atoms with Crippen molar-refractivity contribution < 1.29 is 4.79 Å². The normalized spacial score (nSPS) is 12.8. The second kappa shape index (κ2) is 49.9. The number of ketones is 1. The zero-order valence-electron chi connectivity index (χ0n) is 43.7. The van der Waals surface area contributed by atoms with Gasteiger partial charge in [-0.2, -0.15) is 0 Å². The van der Waals surface area contributed by atoms with Crippen molar-refractivity contribution >= 4 is 5.78 Å². The van der Waals surface area contributed by atoms with Gasteiger partial charge >= 0.3 is 0 Å². The first kappa shape index (κ1) is 62.0. The van der Waals surface area contributed by atoms with Crippen LogP contribution in [0.15, 0.2) is 24.4 Å². The molecule has 3 unspecified atom stereocenters. The van der Waals surface area contributed by atoms with E-state index in [2.05, 4.69) is 72.2 Å². The van der Waals surface area contributed by atoms with Crippen LogP contribution < -0.4 is 5.43 Å². The van der Waals surface area contributed by atoms with Crippen LogP contribution in [0.4, 0.5) is 0 Å². The first-order chi connectivity index (χ1) is 29.8. The number of Topliss-reactive ketones (excluding diaryl/α,β-unsaturated/α-hetero) is 1. The summed E-state index contributed by atoms with van der Waals surface area (Å²) in [4.78, 5) is 11.3. The number of hydrogen-bond donors (Lipinski definition) is 1. The Morgan fingerprint density at radius 2 is 0.689 bits per heavy atom. The largest absolute Gasteiger partial charge is 0.310 e. The van der Waals surface area contributed by atoms with E-state index in [1.165, 1.54) is 256 Å². The maximum Gasteiger partial charge on any atom is 0.132 e. The van der Waals surface area contributed by atoms with E-state index in [-0.39, 0.29) is 0 Å². The second-order valence-electron chi connectivity index (χ2n) is 19.6. The van der Waals surface area contributed by atoms with Gasteiger partial charge in [0.1, 0.15) is 5.78 Å². The summed E-state index contributed by atoms with van der Waals surface area (Å²) in [5.74, 6) is 1.54. The van der Waals surface area contributed by atoms with Crippen molar-refractivity contribution in [1.82, 2.24) is 10.4 Å². The number of carbonyl (C=O) groups excluding carboxylic acids is 1. The lowest BCUT2D eigenvalue weighted by molar-refractivity contribution is -0.121. The van der Waals surface area contributed by atoms with Crippen molar-refractivity contribution in [2.24, 2.45) is 11.8 Å². The summed E-state index contributed by atoms with van der Waals surface area (Å²) in [6.07, 6.45) is 56.4. The van der Waals surface area contributed by atoms with Crippen LogP contribution in [0.2, 0.25) is 0 Å². The maximum atomic E-state index is 11.3. The number of nitrogens with zero attached hydrogens (tertiary/aromatic N) is 1. The number of hydrogen-bond acceptors (Lipinski definition) is 3. The lowest BCUT2D eigenvalue weighted by Crippen LogP contribution is -2.42.